The van der Waals surface area contributed by atoms with Crippen molar-refractivity contribution in [3.05, 3.63) is 24.3 Å². The minimum atomic E-state index is -0.342. The highest BCUT2D eigenvalue weighted by molar-refractivity contribution is 5.87. The normalized spacial score (nSPS) is 16.9. The summed E-state index contributed by atoms with van der Waals surface area (Å²) >= 11 is 0. The van der Waals surface area contributed by atoms with Gasteiger partial charge in [-0.3, -0.25) is 14.5 Å². The lowest BCUT2D eigenvalue weighted by Gasteiger charge is -2.36. The van der Waals surface area contributed by atoms with E-state index in [4.69, 9.17) is 0 Å². The summed E-state index contributed by atoms with van der Waals surface area (Å²) in [5, 5.41) is 3.49. The quantitative estimate of drug-likeness (QED) is 0.0402. The zero-order valence-electron chi connectivity index (χ0n) is 37.0. The highest BCUT2D eigenvalue weighted by Gasteiger charge is 2.31. The van der Waals surface area contributed by atoms with Gasteiger partial charge < -0.3 is 15.1 Å². The van der Waals surface area contributed by atoms with Crippen LogP contribution in [0.15, 0.2) is 24.3 Å². The van der Waals surface area contributed by atoms with Crippen LogP contribution in [-0.4, -0.2) is 84.9 Å². The van der Waals surface area contributed by atoms with E-state index in [-0.39, 0.29) is 23.9 Å². The number of unbranched alkanes of at least 4 members (excludes halogenated alkanes) is 20. The highest BCUT2D eigenvalue weighted by atomic mass is 16.2. The Morgan fingerprint density at radius 2 is 1.07 bits per heavy atom. The molecule has 2 amide bonds. The fourth-order valence-corrected chi connectivity index (χ4v) is 8.46. The summed E-state index contributed by atoms with van der Waals surface area (Å²) in [6.45, 7) is 10.3. The first-order valence-corrected chi connectivity index (χ1v) is 24.4. The molecule has 55 heavy (non-hydrogen) atoms. The number of allylic oxidation sites excluding steroid dienone is 4. The smallest absolute Gasteiger partial charge is 0.243 e. The lowest BCUT2D eigenvalue weighted by atomic mass is 10.0. The van der Waals surface area contributed by atoms with E-state index in [1.807, 2.05) is 4.90 Å². The van der Waals surface area contributed by atoms with Gasteiger partial charge >= 0.3 is 0 Å². The molecule has 0 bridgehead atoms. The molecule has 1 unspecified atom stereocenters. The van der Waals surface area contributed by atoms with E-state index in [1.165, 1.54) is 154 Å². The van der Waals surface area contributed by atoms with Crippen molar-refractivity contribution >= 4 is 11.8 Å². The number of nitrogens with zero attached hydrogens (tertiary/aromatic N) is 3. The van der Waals surface area contributed by atoms with Crippen LogP contribution in [0.25, 0.3) is 0 Å². The maximum absolute atomic E-state index is 14.2. The van der Waals surface area contributed by atoms with Crippen molar-refractivity contribution in [2.24, 2.45) is 0 Å². The number of likely N-dealkylation sites (N-methyl/N-ethyl adjacent to an activating group) is 1. The number of hydrogen-bond acceptors (Lipinski definition) is 4. The molecule has 1 atom stereocenters. The van der Waals surface area contributed by atoms with Crippen LogP contribution in [0.3, 0.4) is 0 Å². The van der Waals surface area contributed by atoms with Gasteiger partial charge in [0.25, 0.3) is 0 Å². The Morgan fingerprint density at radius 1 is 0.600 bits per heavy atom. The van der Waals surface area contributed by atoms with Gasteiger partial charge in [-0.25, -0.2) is 0 Å². The zero-order chi connectivity index (χ0) is 39.4. The van der Waals surface area contributed by atoms with Crippen molar-refractivity contribution < 1.29 is 9.59 Å². The van der Waals surface area contributed by atoms with Crippen LogP contribution in [0.4, 0.5) is 0 Å². The van der Waals surface area contributed by atoms with Crippen LogP contribution < -0.4 is 5.32 Å². The monoisotopic (exact) mass is 769 g/mol. The summed E-state index contributed by atoms with van der Waals surface area (Å²) in [7, 11) is 2.20. The molecule has 2 aliphatic rings. The van der Waals surface area contributed by atoms with E-state index in [1.54, 1.807) is 0 Å². The van der Waals surface area contributed by atoms with Crippen LogP contribution in [0.1, 0.15) is 219 Å². The molecule has 1 saturated carbocycles. The molecular weight excluding hydrogens is 677 g/mol. The maximum Gasteiger partial charge on any atom is 0.243 e. The Labute approximate surface area is 342 Å². The van der Waals surface area contributed by atoms with E-state index in [0.717, 1.165) is 77.7 Å². The first kappa shape index (κ1) is 49.5. The average molecular weight is 769 g/mol. The molecule has 6 nitrogen and oxygen atoms in total. The van der Waals surface area contributed by atoms with Crippen LogP contribution in [-0.2, 0) is 9.59 Å². The molecule has 0 aromatic heterocycles. The van der Waals surface area contributed by atoms with E-state index >= 15 is 0 Å². The standard InChI is InChI=1S/C49H92N4O2/c1-4-6-8-10-12-14-16-18-19-21-23-25-27-29-35-39-48(54)53(45-44-52-42-40-51(3)41-43-52)47(49(55)50-46-36-32-30-31-33-37-46)38-34-28-26-24-22-20-17-15-13-11-9-7-5-2/h11,13,18-19,46-47H,4-10,12,14-17,20-45H2,1-3H3,(H,50,55)/b13-11-,19-18-. The van der Waals surface area contributed by atoms with Crippen molar-refractivity contribution in [1.29, 1.82) is 0 Å². The molecule has 1 aliphatic heterocycles. The van der Waals surface area contributed by atoms with Gasteiger partial charge in [0, 0.05) is 51.7 Å². The van der Waals surface area contributed by atoms with Gasteiger partial charge in [0.15, 0.2) is 0 Å². The van der Waals surface area contributed by atoms with Crippen LogP contribution >= 0.6 is 0 Å². The first-order valence-electron chi connectivity index (χ1n) is 24.4. The Hall–Kier alpha value is -1.66. The topological polar surface area (TPSA) is 55.9 Å². The SMILES string of the molecule is CCCC/C=C\CCCCCCCCCC(C(=O)NC1CCCCCC1)N(CCN1CCN(C)CC1)C(=O)CCCCCCC/C=C\CCCCCCCC. The van der Waals surface area contributed by atoms with Gasteiger partial charge in [0.05, 0.1) is 0 Å². The molecule has 320 valence electrons. The molecular formula is C49H92N4O2. The van der Waals surface area contributed by atoms with Crippen LogP contribution in [0, 0.1) is 0 Å². The van der Waals surface area contributed by atoms with E-state index < -0.39 is 0 Å². The highest BCUT2D eigenvalue weighted by Crippen LogP contribution is 2.21. The molecule has 6 heteroatoms. The number of piperazine rings is 1. The van der Waals surface area contributed by atoms with Gasteiger partial charge in [-0.15, -0.1) is 0 Å². The van der Waals surface area contributed by atoms with Crippen molar-refractivity contribution in [1.82, 2.24) is 20.0 Å². The summed E-state index contributed by atoms with van der Waals surface area (Å²) in [6, 6.07) is -0.0789. The van der Waals surface area contributed by atoms with Crippen molar-refractivity contribution in [3.8, 4) is 0 Å². The van der Waals surface area contributed by atoms with E-state index in [2.05, 4.69) is 60.3 Å². The second-order valence-electron chi connectivity index (χ2n) is 17.4. The third-order valence-corrected chi connectivity index (χ3v) is 12.3. The number of nitrogens with one attached hydrogen (secondary N) is 1. The number of carbonyl (C=O) groups excluding carboxylic acids is 2. The molecule has 0 radical (unpaired) electrons. The van der Waals surface area contributed by atoms with Gasteiger partial charge in [-0.1, -0.05) is 167 Å². The largest absolute Gasteiger partial charge is 0.352 e. The second-order valence-corrected chi connectivity index (χ2v) is 17.4. The molecule has 1 N–H and O–H groups in total. The third-order valence-electron chi connectivity index (χ3n) is 12.3. The number of rotatable bonds is 34. The maximum atomic E-state index is 14.2. The molecule has 1 heterocycles. The van der Waals surface area contributed by atoms with Crippen LogP contribution in [0.5, 0.6) is 0 Å². The molecule has 0 aromatic rings. The fraction of sp³-hybridized carbons (Fsp3) is 0.878. The van der Waals surface area contributed by atoms with Crippen molar-refractivity contribution in [2.45, 2.75) is 231 Å². The van der Waals surface area contributed by atoms with Gasteiger partial charge in [0.2, 0.25) is 11.8 Å². The number of carbonyl (C=O) groups is 2. The molecule has 2 rings (SSSR count). The lowest BCUT2D eigenvalue weighted by molar-refractivity contribution is -0.141. The number of hydrogen-bond donors (Lipinski definition) is 1. The number of amides is 2. The van der Waals surface area contributed by atoms with Crippen molar-refractivity contribution in [2.75, 3.05) is 46.3 Å². The molecule has 1 saturated heterocycles. The molecule has 1 aliphatic carbocycles. The Bertz CT molecular complexity index is 951. The minimum absolute atomic E-state index is 0.121. The Kier molecular flexibility index (Phi) is 31.9. The lowest BCUT2D eigenvalue weighted by Crippen LogP contribution is -2.54. The summed E-state index contributed by atoms with van der Waals surface area (Å²) in [4.78, 5) is 35.3. The fourth-order valence-electron chi connectivity index (χ4n) is 8.46. The Balaban J connectivity index is 1.87. The predicted octanol–water partition coefficient (Wildman–Crippen LogP) is 12.6. The minimum Gasteiger partial charge on any atom is -0.352 e. The van der Waals surface area contributed by atoms with E-state index in [0.29, 0.717) is 13.0 Å². The molecule has 0 spiro atoms. The van der Waals surface area contributed by atoms with Gasteiger partial charge in [0.1, 0.15) is 6.04 Å². The van der Waals surface area contributed by atoms with E-state index in [9.17, 15) is 9.59 Å². The average Bonchev–Trinajstić information content (AvgIpc) is 3.46. The summed E-state index contributed by atoms with van der Waals surface area (Å²) < 4.78 is 0. The second kappa shape index (κ2) is 35.5. The third kappa shape index (κ3) is 26.8. The van der Waals surface area contributed by atoms with Crippen molar-refractivity contribution in [3.63, 3.8) is 0 Å². The molecule has 2 fully saturated rings. The summed E-state index contributed by atoms with van der Waals surface area (Å²) in [5.41, 5.74) is 0. The Morgan fingerprint density at radius 3 is 1.62 bits per heavy atom. The molecule has 0 aromatic carbocycles. The summed E-state index contributed by atoms with van der Waals surface area (Å²) in [6.07, 6.45) is 48.0. The summed E-state index contributed by atoms with van der Waals surface area (Å²) in [5.74, 6) is 0.326. The zero-order valence-corrected chi connectivity index (χ0v) is 37.0. The van der Waals surface area contributed by atoms with Gasteiger partial charge in [-0.05, 0) is 77.7 Å². The first-order chi connectivity index (χ1) is 27.0. The van der Waals surface area contributed by atoms with Gasteiger partial charge in [-0.2, -0.15) is 0 Å². The predicted molar refractivity (Wildman–Crippen MR) is 239 cm³/mol. The van der Waals surface area contributed by atoms with Crippen LogP contribution in [0.2, 0.25) is 0 Å².